The van der Waals surface area contributed by atoms with Gasteiger partial charge in [0.1, 0.15) is 0 Å². The Morgan fingerprint density at radius 2 is 1.85 bits per heavy atom. The Kier molecular flexibility index (Phi) is 6.87. The van der Waals surface area contributed by atoms with E-state index in [4.69, 9.17) is 9.47 Å². The summed E-state index contributed by atoms with van der Waals surface area (Å²) in [4.78, 5) is 13.5. The molecule has 1 fully saturated rings. The summed E-state index contributed by atoms with van der Waals surface area (Å²) in [7, 11) is 3.19. The molecule has 1 aliphatic carbocycles. The molecule has 0 heterocycles. The van der Waals surface area contributed by atoms with Gasteiger partial charge in [0.2, 0.25) is 0 Å². The number of amides is 2. The van der Waals surface area contributed by atoms with Crippen molar-refractivity contribution in [3.8, 4) is 11.5 Å². The van der Waals surface area contributed by atoms with Crippen molar-refractivity contribution in [3.05, 3.63) is 48.0 Å². The number of hydrogen-bond acceptors (Lipinski definition) is 4. The standard InChI is InChI=1S/C21H26N2O3S/c1-25-18-12-7-8-15(20(18)26-2)14-22-21(24)23-17-11-5-6-13-19(17)27-16-9-3-4-10-16/h5-8,11-13,16H,3-4,9-10,14H2,1-2H3,(H2,22,23,24). The number of benzene rings is 2. The van der Waals surface area contributed by atoms with Gasteiger partial charge in [0, 0.05) is 22.3 Å². The summed E-state index contributed by atoms with van der Waals surface area (Å²) < 4.78 is 10.7. The Morgan fingerprint density at radius 1 is 1.07 bits per heavy atom. The summed E-state index contributed by atoms with van der Waals surface area (Å²) in [5.41, 5.74) is 1.71. The fraction of sp³-hybridized carbons (Fsp3) is 0.381. The minimum absolute atomic E-state index is 0.237. The van der Waals surface area contributed by atoms with E-state index in [9.17, 15) is 4.79 Å². The SMILES string of the molecule is COc1cccc(CNC(=O)Nc2ccccc2SC2CCCC2)c1OC. The van der Waals surface area contributed by atoms with E-state index in [0.29, 0.717) is 23.3 Å². The average molecular weight is 387 g/mol. The van der Waals surface area contributed by atoms with Crippen LogP contribution in [0.5, 0.6) is 11.5 Å². The van der Waals surface area contributed by atoms with Crippen LogP contribution in [0.2, 0.25) is 0 Å². The first-order valence-corrected chi connectivity index (χ1v) is 10.1. The Labute approximate surface area is 164 Å². The smallest absolute Gasteiger partial charge is 0.319 e. The molecule has 0 aromatic heterocycles. The Hall–Kier alpha value is -2.34. The molecule has 2 N–H and O–H groups in total. The van der Waals surface area contributed by atoms with Crippen molar-refractivity contribution in [3.63, 3.8) is 0 Å². The number of para-hydroxylation sites is 2. The number of carbonyl (C=O) groups excluding carboxylic acids is 1. The normalized spacial score (nSPS) is 14.0. The van der Waals surface area contributed by atoms with Gasteiger partial charge in [-0.1, -0.05) is 37.1 Å². The van der Waals surface area contributed by atoms with E-state index < -0.39 is 0 Å². The number of nitrogens with one attached hydrogen (secondary N) is 2. The fourth-order valence-corrected chi connectivity index (χ4v) is 4.62. The molecule has 2 aromatic carbocycles. The third-order valence-corrected chi connectivity index (χ3v) is 6.07. The topological polar surface area (TPSA) is 59.6 Å². The van der Waals surface area contributed by atoms with Crippen molar-refractivity contribution in [1.82, 2.24) is 5.32 Å². The van der Waals surface area contributed by atoms with Gasteiger partial charge in [0.25, 0.3) is 0 Å². The van der Waals surface area contributed by atoms with Gasteiger partial charge in [0.05, 0.1) is 19.9 Å². The van der Waals surface area contributed by atoms with Crippen LogP contribution in [-0.2, 0) is 6.54 Å². The van der Waals surface area contributed by atoms with E-state index in [0.717, 1.165) is 16.1 Å². The van der Waals surface area contributed by atoms with Crippen LogP contribution >= 0.6 is 11.8 Å². The highest BCUT2D eigenvalue weighted by Gasteiger charge is 2.18. The van der Waals surface area contributed by atoms with Crippen LogP contribution in [0, 0.1) is 0 Å². The summed E-state index contributed by atoms with van der Waals surface area (Å²) in [5, 5.41) is 6.53. The van der Waals surface area contributed by atoms with E-state index >= 15 is 0 Å². The lowest BCUT2D eigenvalue weighted by Crippen LogP contribution is -2.28. The molecule has 6 heteroatoms. The van der Waals surface area contributed by atoms with E-state index in [1.807, 2.05) is 48.2 Å². The molecule has 1 aliphatic rings. The highest BCUT2D eigenvalue weighted by Crippen LogP contribution is 2.38. The number of methoxy groups -OCH3 is 2. The lowest BCUT2D eigenvalue weighted by molar-refractivity contribution is 0.251. The van der Waals surface area contributed by atoms with E-state index in [2.05, 4.69) is 16.7 Å². The number of hydrogen-bond donors (Lipinski definition) is 2. The van der Waals surface area contributed by atoms with Crippen LogP contribution in [0.25, 0.3) is 0 Å². The molecule has 0 saturated heterocycles. The maximum absolute atomic E-state index is 12.4. The lowest BCUT2D eigenvalue weighted by atomic mass is 10.2. The maximum atomic E-state index is 12.4. The van der Waals surface area contributed by atoms with Crippen molar-refractivity contribution in [1.29, 1.82) is 0 Å². The summed E-state index contributed by atoms with van der Waals surface area (Å²) in [5.74, 6) is 1.29. The number of carbonyl (C=O) groups is 1. The molecular formula is C21H26N2O3S. The van der Waals surface area contributed by atoms with Crippen LogP contribution in [-0.4, -0.2) is 25.5 Å². The number of rotatable bonds is 7. The van der Waals surface area contributed by atoms with Crippen molar-refractivity contribution in [2.75, 3.05) is 19.5 Å². The van der Waals surface area contributed by atoms with Gasteiger partial charge in [0.15, 0.2) is 11.5 Å². The van der Waals surface area contributed by atoms with Gasteiger partial charge < -0.3 is 20.1 Å². The molecule has 3 rings (SSSR count). The molecule has 2 aromatic rings. The van der Waals surface area contributed by atoms with Crippen molar-refractivity contribution in [2.24, 2.45) is 0 Å². The summed E-state index contributed by atoms with van der Waals surface area (Å²) in [6, 6.07) is 13.4. The minimum atomic E-state index is -0.237. The molecule has 0 atom stereocenters. The zero-order valence-electron chi connectivity index (χ0n) is 15.8. The first kappa shape index (κ1) is 19.4. The van der Waals surface area contributed by atoms with Crippen LogP contribution < -0.4 is 20.1 Å². The van der Waals surface area contributed by atoms with Gasteiger partial charge in [-0.3, -0.25) is 0 Å². The van der Waals surface area contributed by atoms with Crippen molar-refractivity contribution < 1.29 is 14.3 Å². The molecule has 0 bridgehead atoms. The zero-order chi connectivity index (χ0) is 19.1. The Bertz CT molecular complexity index is 776. The summed E-state index contributed by atoms with van der Waals surface area (Å²) in [6.45, 7) is 0.351. The molecular weight excluding hydrogens is 360 g/mol. The minimum Gasteiger partial charge on any atom is -0.493 e. The number of ether oxygens (including phenoxy) is 2. The van der Waals surface area contributed by atoms with Crippen molar-refractivity contribution in [2.45, 2.75) is 42.4 Å². The van der Waals surface area contributed by atoms with Crippen LogP contribution in [0.15, 0.2) is 47.4 Å². The quantitative estimate of drug-likeness (QED) is 0.698. The second-order valence-corrected chi connectivity index (χ2v) is 7.82. The average Bonchev–Trinajstić information content (AvgIpc) is 3.20. The second kappa shape index (κ2) is 9.55. The highest BCUT2D eigenvalue weighted by molar-refractivity contribution is 8.00. The molecule has 2 amide bonds. The van der Waals surface area contributed by atoms with Crippen LogP contribution in [0.4, 0.5) is 10.5 Å². The third-order valence-electron chi connectivity index (χ3n) is 4.65. The van der Waals surface area contributed by atoms with E-state index in [1.54, 1.807) is 14.2 Å². The lowest BCUT2D eigenvalue weighted by Gasteiger charge is -2.16. The molecule has 0 spiro atoms. The summed E-state index contributed by atoms with van der Waals surface area (Å²) in [6.07, 6.45) is 5.11. The molecule has 0 radical (unpaired) electrons. The van der Waals surface area contributed by atoms with Crippen LogP contribution in [0.1, 0.15) is 31.2 Å². The molecule has 27 heavy (non-hydrogen) atoms. The molecule has 1 saturated carbocycles. The van der Waals surface area contributed by atoms with Gasteiger partial charge in [-0.05, 0) is 31.0 Å². The van der Waals surface area contributed by atoms with Gasteiger partial charge in [-0.15, -0.1) is 11.8 Å². The summed E-state index contributed by atoms with van der Waals surface area (Å²) >= 11 is 1.87. The molecule has 5 nitrogen and oxygen atoms in total. The first-order valence-electron chi connectivity index (χ1n) is 9.21. The molecule has 144 valence electrons. The zero-order valence-corrected chi connectivity index (χ0v) is 16.6. The predicted molar refractivity (Wildman–Crippen MR) is 110 cm³/mol. The number of anilines is 1. The molecule has 0 aliphatic heterocycles. The van der Waals surface area contributed by atoms with Gasteiger partial charge in [-0.2, -0.15) is 0 Å². The monoisotopic (exact) mass is 386 g/mol. The third kappa shape index (κ3) is 5.10. The molecule has 0 unspecified atom stereocenters. The first-order chi connectivity index (χ1) is 13.2. The predicted octanol–water partition coefficient (Wildman–Crippen LogP) is 5.06. The second-order valence-electron chi connectivity index (χ2n) is 6.48. The maximum Gasteiger partial charge on any atom is 0.319 e. The number of urea groups is 1. The van der Waals surface area contributed by atoms with E-state index in [-0.39, 0.29) is 6.03 Å². The van der Waals surface area contributed by atoms with Crippen LogP contribution in [0.3, 0.4) is 0 Å². The van der Waals surface area contributed by atoms with E-state index in [1.165, 1.54) is 25.7 Å². The Balaban J connectivity index is 1.62. The fourth-order valence-electron chi connectivity index (χ4n) is 3.29. The van der Waals surface area contributed by atoms with Crippen molar-refractivity contribution >= 4 is 23.5 Å². The van der Waals surface area contributed by atoms with Gasteiger partial charge in [-0.25, -0.2) is 4.79 Å². The number of thioether (sulfide) groups is 1. The largest absolute Gasteiger partial charge is 0.493 e. The van der Waals surface area contributed by atoms with Gasteiger partial charge >= 0.3 is 6.03 Å². The Morgan fingerprint density at radius 3 is 2.59 bits per heavy atom. The highest BCUT2D eigenvalue weighted by atomic mass is 32.2.